The van der Waals surface area contributed by atoms with Crippen molar-refractivity contribution in [2.45, 2.75) is 33.6 Å². The van der Waals surface area contributed by atoms with Gasteiger partial charge in [0.15, 0.2) is 0 Å². The highest BCUT2D eigenvalue weighted by molar-refractivity contribution is 9.10. The van der Waals surface area contributed by atoms with E-state index in [0.717, 1.165) is 35.2 Å². The minimum atomic E-state index is 0.635. The average Bonchev–Trinajstić information content (AvgIpc) is 2.48. The van der Waals surface area contributed by atoms with Gasteiger partial charge in [-0.25, -0.2) is 9.98 Å². The summed E-state index contributed by atoms with van der Waals surface area (Å²) in [6, 6.07) is 1.95. The summed E-state index contributed by atoms with van der Waals surface area (Å²) < 4.78 is 6.55. The first-order valence-corrected chi connectivity index (χ1v) is 8.03. The number of aryl methyl sites for hydroxylation is 1. The molecular formula is C16H24BrN3O. The van der Waals surface area contributed by atoms with E-state index in [2.05, 4.69) is 45.0 Å². The Morgan fingerprint density at radius 3 is 2.90 bits per heavy atom. The third-order valence-corrected chi connectivity index (χ3v) is 3.56. The van der Waals surface area contributed by atoms with Crippen molar-refractivity contribution in [3.05, 3.63) is 28.4 Å². The van der Waals surface area contributed by atoms with E-state index >= 15 is 0 Å². The lowest BCUT2D eigenvalue weighted by Crippen LogP contribution is -2.14. The Bertz CT molecular complexity index is 501. The second-order valence-corrected chi connectivity index (χ2v) is 5.61. The quantitative estimate of drug-likeness (QED) is 0.299. The molecule has 0 aromatic carbocycles. The van der Waals surface area contributed by atoms with Gasteiger partial charge < -0.3 is 9.64 Å². The van der Waals surface area contributed by atoms with E-state index < -0.39 is 0 Å². The lowest BCUT2D eigenvalue weighted by atomic mass is 10.3. The fourth-order valence-electron chi connectivity index (χ4n) is 1.56. The van der Waals surface area contributed by atoms with Gasteiger partial charge in [-0.15, -0.1) is 0 Å². The topological polar surface area (TPSA) is 37.7 Å². The number of aromatic nitrogens is 1. The van der Waals surface area contributed by atoms with Crippen LogP contribution in [0, 0.1) is 6.92 Å². The van der Waals surface area contributed by atoms with Crippen LogP contribution in [0.4, 0.5) is 5.69 Å². The lowest BCUT2D eigenvalue weighted by Gasteiger charge is -2.11. The largest absolute Gasteiger partial charge is 0.477 e. The Kier molecular flexibility index (Phi) is 8.05. The summed E-state index contributed by atoms with van der Waals surface area (Å²) in [4.78, 5) is 10.9. The Morgan fingerprint density at radius 2 is 2.24 bits per heavy atom. The standard InChI is InChI=1S/C16H24BrN3O/c1-5-7-8-9-10-21-16-14(17)11-15(13(3)19-16)18-12-20(4)6-2/h5,7,11-12H,6,8-10H2,1-4H3/b7-5+,18-12?. The fraction of sp³-hybridized carbons (Fsp3) is 0.500. The second-order valence-electron chi connectivity index (χ2n) is 4.76. The molecule has 0 saturated carbocycles. The van der Waals surface area contributed by atoms with Crippen LogP contribution in [0.15, 0.2) is 27.7 Å². The molecule has 0 aliphatic carbocycles. The number of pyridine rings is 1. The van der Waals surface area contributed by atoms with E-state index in [-0.39, 0.29) is 0 Å². The van der Waals surface area contributed by atoms with Crippen LogP contribution in [0.2, 0.25) is 0 Å². The summed E-state index contributed by atoms with van der Waals surface area (Å²) in [5.41, 5.74) is 1.71. The van der Waals surface area contributed by atoms with Crippen molar-refractivity contribution in [3.8, 4) is 5.88 Å². The highest BCUT2D eigenvalue weighted by atomic mass is 79.9. The van der Waals surface area contributed by atoms with Gasteiger partial charge in [-0.1, -0.05) is 12.2 Å². The number of unbranched alkanes of at least 4 members (excludes halogenated alkanes) is 1. The smallest absolute Gasteiger partial charge is 0.228 e. The lowest BCUT2D eigenvalue weighted by molar-refractivity contribution is 0.298. The molecule has 0 unspecified atom stereocenters. The molecule has 0 amide bonds. The van der Waals surface area contributed by atoms with E-state index in [1.807, 2.05) is 38.2 Å². The van der Waals surface area contributed by atoms with Crippen LogP contribution in [-0.2, 0) is 0 Å². The van der Waals surface area contributed by atoms with Crippen molar-refractivity contribution >= 4 is 28.0 Å². The van der Waals surface area contributed by atoms with Crippen LogP contribution >= 0.6 is 15.9 Å². The maximum Gasteiger partial charge on any atom is 0.228 e. The van der Waals surface area contributed by atoms with Gasteiger partial charge in [-0.2, -0.15) is 0 Å². The van der Waals surface area contributed by atoms with Crippen LogP contribution in [-0.4, -0.2) is 36.4 Å². The third-order valence-electron chi connectivity index (χ3n) is 2.99. The van der Waals surface area contributed by atoms with Gasteiger partial charge in [0.05, 0.1) is 28.8 Å². The molecule has 5 heteroatoms. The first-order chi connectivity index (χ1) is 10.1. The summed E-state index contributed by atoms with van der Waals surface area (Å²) in [7, 11) is 1.99. The minimum absolute atomic E-state index is 0.635. The zero-order valence-electron chi connectivity index (χ0n) is 13.3. The molecule has 1 rings (SSSR count). The molecule has 0 aliphatic heterocycles. The molecule has 1 aromatic rings. The van der Waals surface area contributed by atoms with E-state index in [9.17, 15) is 0 Å². The molecule has 0 N–H and O–H groups in total. The first-order valence-electron chi connectivity index (χ1n) is 7.24. The number of hydrogen-bond donors (Lipinski definition) is 0. The van der Waals surface area contributed by atoms with Gasteiger partial charge in [0.1, 0.15) is 0 Å². The van der Waals surface area contributed by atoms with E-state index in [4.69, 9.17) is 4.74 Å². The van der Waals surface area contributed by atoms with Crippen molar-refractivity contribution < 1.29 is 4.74 Å². The summed E-state index contributed by atoms with van der Waals surface area (Å²) in [5.74, 6) is 0.635. The number of hydrogen-bond acceptors (Lipinski definition) is 3. The van der Waals surface area contributed by atoms with Crippen LogP contribution in [0.5, 0.6) is 5.88 Å². The molecule has 0 aliphatic rings. The molecule has 0 saturated heterocycles. The zero-order chi connectivity index (χ0) is 15.7. The predicted molar refractivity (Wildman–Crippen MR) is 92.7 cm³/mol. The summed E-state index contributed by atoms with van der Waals surface area (Å²) in [6.45, 7) is 7.63. The average molecular weight is 354 g/mol. The van der Waals surface area contributed by atoms with Gasteiger partial charge in [-0.05, 0) is 55.6 Å². The first kappa shape index (κ1) is 17.7. The van der Waals surface area contributed by atoms with E-state index in [1.54, 1.807) is 0 Å². The molecule has 0 radical (unpaired) electrons. The fourth-order valence-corrected chi connectivity index (χ4v) is 1.98. The SMILES string of the molecule is C/C=C/CCCOc1nc(C)c(N=CN(C)CC)cc1Br. The molecular weight excluding hydrogens is 330 g/mol. The van der Waals surface area contributed by atoms with Gasteiger partial charge in [0.2, 0.25) is 5.88 Å². The van der Waals surface area contributed by atoms with Gasteiger partial charge in [-0.3, -0.25) is 0 Å². The normalized spacial score (nSPS) is 11.5. The number of nitrogens with zero attached hydrogens (tertiary/aromatic N) is 3. The van der Waals surface area contributed by atoms with Crippen molar-refractivity contribution in [2.24, 2.45) is 4.99 Å². The van der Waals surface area contributed by atoms with Crippen molar-refractivity contribution in [1.82, 2.24) is 9.88 Å². The van der Waals surface area contributed by atoms with Crippen molar-refractivity contribution in [1.29, 1.82) is 0 Å². The summed E-state index contributed by atoms with van der Waals surface area (Å²) in [6.07, 6.45) is 8.02. The Balaban J connectivity index is 2.68. The van der Waals surface area contributed by atoms with Crippen LogP contribution in [0.25, 0.3) is 0 Å². The zero-order valence-corrected chi connectivity index (χ0v) is 14.9. The number of allylic oxidation sites excluding steroid dienone is 2. The van der Waals surface area contributed by atoms with Gasteiger partial charge in [0.25, 0.3) is 0 Å². The van der Waals surface area contributed by atoms with Gasteiger partial charge in [0, 0.05) is 13.6 Å². The van der Waals surface area contributed by atoms with Crippen LogP contribution in [0.1, 0.15) is 32.4 Å². The molecule has 4 nitrogen and oxygen atoms in total. The van der Waals surface area contributed by atoms with E-state index in [1.165, 1.54) is 0 Å². The number of rotatable bonds is 8. The molecule has 0 spiro atoms. The van der Waals surface area contributed by atoms with Crippen LogP contribution in [0.3, 0.4) is 0 Å². The second kappa shape index (κ2) is 9.55. The number of aliphatic imine (C=N–C) groups is 1. The maximum atomic E-state index is 5.71. The molecule has 1 aromatic heterocycles. The Labute approximate surface area is 136 Å². The Morgan fingerprint density at radius 1 is 1.48 bits per heavy atom. The summed E-state index contributed by atoms with van der Waals surface area (Å²) in [5, 5.41) is 0. The molecule has 1 heterocycles. The van der Waals surface area contributed by atoms with Gasteiger partial charge >= 0.3 is 0 Å². The highest BCUT2D eigenvalue weighted by Gasteiger charge is 2.08. The predicted octanol–water partition coefficient (Wildman–Crippen LogP) is 4.50. The van der Waals surface area contributed by atoms with Crippen molar-refractivity contribution in [2.75, 3.05) is 20.2 Å². The Hall–Kier alpha value is -1.36. The maximum absolute atomic E-state index is 5.71. The molecule has 21 heavy (non-hydrogen) atoms. The third kappa shape index (κ3) is 6.29. The van der Waals surface area contributed by atoms with Crippen LogP contribution < -0.4 is 4.74 Å². The molecule has 0 atom stereocenters. The molecule has 0 fully saturated rings. The summed E-state index contributed by atoms with van der Waals surface area (Å²) >= 11 is 3.50. The van der Waals surface area contributed by atoms with Crippen molar-refractivity contribution in [3.63, 3.8) is 0 Å². The monoisotopic (exact) mass is 353 g/mol. The number of halogens is 1. The highest BCUT2D eigenvalue weighted by Crippen LogP contribution is 2.29. The molecule has 0 bridgehead atoms. The number of ether oxygens (including phenoxy) is 1. The van der Waals surface area contributed by atoms with E-state index in [0.29, 0.717) is 12.5 Å². The molecule has 116 valence electrons. The minimum Gasteiger partial charge on any atom is -0.477 e.